The van der Waals surface area contributed by atoms with E-state index in [2.05, 4.69) is 0 Å². The molecule has 0 saturated carbocycles. The van der Waals surface area contributed by atoms with Crippen LogP contribution in [0.1, 0.15) is 5.56 Å². The largest absolute Gasteiger partial charge is 0.508 e. The van der Waals surface area contributed by atoms with E-state index in [1.807, 2.05) is 0 Å². The van der Waals surface area contributed by atoms with Crippen molar-refractivity contribution in [3.63, 3.8) is 0 Å². The number of phenols is 1. The monoisotopic (exact) mass is 232 g/mol. The molecule has 0 atom stereocenters. The SMILES string of the molecule is COc1cccc(-c2ccc(C)c(O)c2)c1F. The zero-order valence-corrected chi connectivity index (χ0v) is 9.70. The molecule has 0 aliphatic carbocycles. The van der Waals surface area contributed by atoms with Crippen LogP contribution in [0.4, 0.5) is 4.39 Å². The van der Waals surface area contributed by atoms with E-state index in [1.54, 1.807) is 43.3 Å². The summed E-state index contributed by atoms with van der Waals surface area (Å²) in [6.07, 6.45) is 0. The second kappa shape index (κ2) is 4.45. The molecular formula is C14H13FO2. The number of benzene rings is 2. The molecule has 0 fully saturated rings. The molecule has 0 radical (unpaired) electrons. The summed E-state index contributed by atoms with van der Waals surface area (Å²) in [5.74, 6) is -0.0643. The smallest absolute Gasteiger partial charge is 0.172 e. The quantitative estimate of drug-likeness (QED) is 0.858. The average Bonchev–Trinajstić information content (AvgIpc) is 2.33. The molecule has 2 nitrogen and oxygen atoms in total. The normalized spacial score (nSPS) is 10.3. The Labute approximate surface area is 99.3 Å². The number of hydrogen-bond donors (Lipinski definition) is 1. The number of hydrogen-bond acceptors (Lipinski definition) is 2. The lowest BCUT2D eigenvalue weighted by Crippen LogP contribution is -1.91. The summed E-state index contributed by atoms with van der Waals surface area (Å²) in [7, 11) is 1.43. The third-order valence-corrected chi connectivity index (χ3v) is 2.70. The van der Waals surface area contributed by atoms with Gasteiger partial charge in [-0.1, -0.05) is 24.3 Å². The van der Waals surface area contributed by atoms with Gasteiger partial charge in [0.05, 0.1) is 7.11 Å². The summed E-state index contributed by atoms with van der Waals surface area (Å²) in [5, 5.41) is 9.63. The molecule has 0 spiro atoms. The average molecular weight is 232 g/mol. The van der Waals surface area contributed by atoms with Crippen LogP contribution in [0.5, 0.6) is 11.5 Å². The summed E-state index contributed by atoms with van der Waals surface area (Å²) in [4.78, 5) is 0. The van der Waals surface area contributed by atoms with Crippen LogP contribution >= 0.6 is 0 Å². The summed E-state index contributed by atoms with van der Waals surface area (Å²) >= 11 is 0. The van der Waals surface area contributed by atoms with Gasteiger partial charge in [0, 0.05) is 5.56 Å². The number of aryl methyl sites for hydroxylation is 1. The van der Waals surface area contributed by atoms with E-state index in [-0.39, 0.29) is 11.5 Å². The Morgan fingerprint density at radius 2 is 1.94 bits per heavy atom. The van der Waals surface area contributed by atoms with Crippen LogP contribution in [-0.4, -0.2) is 12.2 Å². The van der Waals surface area contributed by atoms with Crippen LogP contribution in [0.15, 0.2) is 36.4 Å². The first-order chi connectivity index (χ1) is 8.13. The molecule has 0 unspecified atom stereocenters. The molecule has 3 heteroatoms. The first-order valence-corrected chi connectivity index (χ1v) is 5.26. The zero-order valence-electron chi connectivity index (χ0n) is 9.70. The highest BCUT2D eigenvalue weighted by molar-refractivity contribution is 5.68. The van der Waals surface area contributed by atoms with Crippen molar-refractivity contribution in [1.29, 1.82) is 0 Å². The third-order valence-electron chi connectivity index (χ3n) is 2.70. The lowest BCUT2D eigenvalue weighted by atomic mass is 10.0. The van der Waals surface area contributed by atoms with E-state index in [0.717, 1.165) is 5.56 Å². The number of ether oxygens (including phenoxy) is 1. The predicted octanol–water partition coefficient (Wildman–Crippen LogP) is 3.52. The maximum Gasteiger partial charge on any atom is 0.172 e. The van der Waals surface area contributed by atoms with Crippen molar-refractivity contribution < 1.29 is 14.2 Å². The first-order valence-electron chi connectivity index (χ1n) is 5.26. The van der Waals surface area contributed by atoms with Gasteiger partial charge in [0.25, 0.3) is 0 Å². The van der Waals surface area contributed by atoms with Gasteiger partial charge in [0.1, 0.15) is 5.75 Å². The summed E-state index contributed by atoms with van der Waals surface area (Å²) < 4.78 is 18.9. The molecule has 0 saturated heterocycles. The number of aromatic hydroxyl groups is 1. The Hall–Kier alpha value is -2.03. The van der Waals surface area contributed by atoms with Gasteiger partial charge in [0.2, 0.25) is 0 Å². The molecule has 17 heavy (non-hydrogen) atoms. The zero-order chi connectivity index (χ0) is 12.4. The van der Waals surface area contributed by atoms with Crippen molar-refractivity contribution in [2.45, 2.75) is 6.92 Å². The van der Waals surface area contributed by atoms with Crippen LogP contribution < -0.4 is 4.74 Å². The van der Waals surface area contributed by atoms with Crippen molar-refractivity contribution in [3.8, 4) is 22.6 Å². The number of halogens is 1. The van der Waals surface area contributed by atoms with Gasteiger partial charge in [-0.2, -0.15) is 0 Å². The molecular weight excluding hydrogens is 219 g/mol. The van der Waals surface area contributed by atoms with Crippen LogP contribution in [0.2, 0.25) is 0 Å². The van der Waals surface area contributed by atoms with E-state index in [4.69, 9.17) is 4.74 Å². The highest BCUT2D eigenvalue weighted by atomic mass is 19.1. The summed E-state index contributed by atoms with van der Waals surface area (Å²) in [6.45, 7) is 1.79. The Morgan fingerprint density at radius 1 is 1.18 bits per heavy atom. The fraction of sp³-hybridized carbons (Fsp3) is 0.143. The van der Waals surface area contributed by atoms with Crippen molar-refractivity contribution in [2.75, 3.05) is 7.11 Å². The topological polar surface area (TPSA) is 29.5 Å². The minimum absolute atomic E-state index is 0.157. The molecule has 88 valence electrons. The lowest BCUT2D eigenvalue weighted by molar-refractivity contribution is 0.387. The van der Waals surface area contributed by atoms with Gasteiger partial charge in [-0.15, -0.1) is 0 Å². The van der Waals surface area contributed by atoms with Gasteiger partial charge >= 0.3 is 0 Å². The Balaban J connectivity index is 2.56. The van der Waals surface area contributed by atoms with Gasteiger partial charge in [0.15, 0.2) is 11.6 Å². The molecule has 2 aromatic carbocycles. The maximum atomic E-state index is 14.0. The summed E-state index contributed by atoms with van der Waals surface area (Å²) in [6, 6.07) is 10.0. The number of phenolic OH excluding ortho intramolecular Hbond substituents is 1. The summed E-state index contributed by atoms with van der Waals surface area (Å²) in [5.41, 5.74) is 1.81. The fourth-order valence-electron chi connectivity index (χ4n) is 1.67. The standard InChI is InChI=1S/C14H13FO2/c1-9-6-7-10(8-12(9)16)11-4-3-5-13(17-2)14(11)15/h3-8,16H,1-2H3. The van der Waals surface area contributed by atoms with Crippen LogP contribution in [0.3, 0.4) is 0 Å². The Kier molecular flexibility index (Phi) is 3.00. The molecule has 0 aromatic heterocycles. The Morgan fingerprint density at radius 3 is 2.59 bits per heavy atom. The van der Waals surface area contributed by atoms with Crippen molar-refractivity contribution in [1.82, 2.24) is 0 Å². The van der Waals surface area contributed by atoms with Gasteiger partial charge < -0.3 is 9.84 Å². The van der Waals surface area contributed by atoms with Crippen LogP contribution in [-0.2, 0) is 0 Å². The predicted molar refractivity (Wildman–Crippen MR) is 64.8 cm³/mol. The fourth-order valence-corrected chi connectivity index (χ4v) is 1.67. The number of rotatable bonds is 2. The van der Waals surface area contributed by atoms with Crippen molar-refractivity contribution in [2.24, 2.45) is 0 Å². The highest BCUT2D eigenvalue weighted by Gasteiger charge is 2.11. The second-order valence-electron chi connectivity index (χ2n) is 3.82. The van der Waals surface area contributed by atoms with Crippen LogP contribution in [0, 0.1) is 12.7 Å². The Bertz CT molecular complexity index is 550. The molecule has 0 aliphatic heterocycles. The lowest BCUT2D eigenvalue weighted by Gasteiger charge is -2.08. The minimum atomic E-state index is -0.418. The third kappa shape index (κ3) is 2.09. The molecule has 1 N–H and O–H groups in total. The molecule has 2 rings (SSSR count). The van der Waals surface area contributed by atoms with Gasteiger partial charge in [-0.3, -0.25) is 0 Å². The molecule has 0 heterocycles. The van der Waals surface area contributed by atoms with E-state index < -0.39 is 5.82 Å². The second-order valence-corrected chi connectivity index (χ2v) is 3.82. The first kappa shape index (κ1) is 11.5. The van der Waals surface area contributed by atoms with Gasteiger partial charge in [-0.25, -0.2) is 4.39 Å². The van der Waals surface area contributed by atoms with Crippen molar-refractivity contribution in [3.05, 3.63) is 47.8 Å². The van der Waals surface area contributed by atoms with E-state index in [0.29, 0.717) is 11.1 Å². The minimum Gasteiger partial charge on any atom is -0.508 e. The highest BCUT2D eigenvalue weighted by Crippen LogP contribution is 2.31. The maximum absolute atomic E-state index is 14.0. The molecule has 2 aromatic rings. The molecule has 0 aliphatic rings. The molecule has 0 amide bonds. The van der Waals surface area contributed by atoms with E-state index in [1.165, 1.54) is 7.11 Å². The van der Waals surface area contributed by atoms with Crippen molar-refractivity contribution >= 4 is 0 Å². The van der Waals surface area contributed by atoms with Crippen LogP contribution in [0.25, 0.3) is 11.1 Å². The van der Waals surface area contributed by atoms with E-state index in [9.17, 15) is 9.50 Å². The van der Waals surface area contributed by atoms with E-state index >= 15 is 0 Å². The molecule has 0 bridgehead atoms. The van der Waals surface area contributed by atoms with Gasteiger partial charge in [-0.05, 0) is 30.2 Å². The number of methoxy groups -OCH3 is 1.